The Morgan fingerprint density at radius 3 is 2.41 bits per heavy atom. The van der Waals surface area contributed by atoms with Crippen LogP contribution in [0.4, 0.5) is 27.8 Å². The first-order chi connectivity index (χ1) is 7.74. The number of hydrogen-bond acceptors (Lipinski definition) is 3. The summed E-state index contributed by atoms with van der Waals surface area (Å²) in [6.45, 7) is 0. The Labute approximate surface area is 101 Å². The molecular weight excluding hydrogens is 315 g/mol. The van der Waals surface area contributed by atoms with Crippen LogP contribution in [-0.4, -0.2) is 11.3 Å². The van der Waals surface area contributed by atoms with Gasteiger partial charge >= 0.3 is 6.36 Å². The summed E-state index contributed by atoms with van der Waals surface area (Å²) in [4.78, 5) is 3.20. The summed E-state index contributed by atoms with van der Waals surface area (Å²) in [7, 11) is 0. The summed E-state index contributed by atoms with van der Waals surface area (Å²) in [6.07, 6.45) is -7.88. The number of halogens is 6. The van der Waals surface area contributed by atoms with E-state index in [1.165, 1.54) is 0 Å². The SMILES string of the molecule is Nc1nc(C(F)F)c(CBr)cc1OC(F)(F)F. The van der Waals surface area contributed by atoms with Crippen molar-refractivity contribution in [3.63, 3.8) is 0 Å². The van der Waals surface area contributed by atoms with Gasteiger partial charge in [0.25, 0.3) is 6.43 Å². The van der Waals surface area contributed by atoms with Crippen molar-refractivity contribution in [2.75, 3.05) is 5.73 Å². The number of ether oxygens (including phenoxy) is 1. The summed E-state index contributed by atoms with van der Waals surface area (Å²) < 4.78 is 64.3. The van der Waals surface area contributed by atoms with Gasteiger partial charge in [0.2, 0.25) is 0 Å². The first-order valence-electron chi connectivity index (χ1n) is 4.13. The van der Waals surface area contributed by atoms with Crippen LogP contribution in [-0.2, 0) is 5.33 Å². The average molecular weight is 321 g/mol. The molecule has 0 aliphatic carbocycles. The quantitative estimate of drug-likeness (QED) is 0.686. The van der Waals surface area contributed by atoms with Crippen LogP contribution in [0.1, 0.15) is 17.7 Å². The lowest BCUT2D eigenvalue weighted by atomic mass is 10.2. The second-order valence-electron chi connectivity index (χ2n) is 2.90. The van der Waals surface area contributed by atoms with Crippen molar-refractivity contribution in [3.8, 4) is 5.75 Å². The molecule has 1 aromatic rings. The van der Waals surface area contributed by atoms with E-state index in [1.54, 1.807) is 0 Å². The molecule has 0 amide bonds. The maximum absolute atomic E-state index is 12.5. The van der Waals surface area contributed by atoms with Gasteiger partial charge in [-0.1, -0.05) is 15.9 Å². The molecule has 0 atom stereocenters. The van der Waals surface area contributed by atoms with Crippen LogP contribution >= 0.6 is 15.9 Å². The third-order valence-electron chi connectivity index (χ3n) is 1.70. The van der Waals surface area contributed by atoms with Crippen molar-refractivity contribution >= 4 is 21.7 Å². The van der Waals surface area contributed by atoms with E-state index in [4.69, 9.17) is 5.73 Å². The lowest BCUT2D eigenvalue weighted by molar-refractivity contribution is -0.274. The number of nitrogens with zero attached hydrogens (tertiary/aromatic N) is 1. The van der Waals surface area contributed by atoms with E-state index in [-0.39, 0.29) is 10.9 Å². The maximum atomic E-state index is 12.5. The van der Waals surface area contributed by atoms with Crippen LogP contribution in [0.3, 0.4) is 0 Å². The normalized spacial score (nSPS) is 11.9. The summed E-state index contributed by atoms with van der Waals surface area (Å²) in [5, 5.41) is -0.0891. The molecule has 1 heterocycles. The number of nitrogen functional groups attached to an aromatic ring is 1. The third kappa shape index (κ3) is 3.69. The second kappa shape index (κ2) is 5.03. The van der Waals surface area contributed by atoms with Gasteiger partial charge in [0.15, 0.2) is 11.6 Å². The molecular formula is C8H6BrF5N2O. The van der Waals surface area contributed by atoms with Gasteiger partial charge in [0.1, 0.15) is 5.69 Å². The Balaban J connectivity index is 3.18. The van der Waals surface area contributed by atoms with Gasteiger partial charge in [-0.15, -0.1) is 13.2 Å². The number of alkyl halides is 6. The summed E-state index contributed by atoms with van der Waals surface area (Å²) in [5.74, 6) is -1.53. The van der Waals surface area contributed by atoms with Gasteiger partial charge in [-0.05, 0) is 11.6 Å². The third-order valence-corrected chi connectivity index (χ3v) is 2.31. The van der Waals surface area contributed by atoms with Gasteiger partial charge in [0.05, 0.1) is 0 Å². The van der Waals surface area contributed by atoms with Gasteiger partial charge in [-0.2, -0.15) is 0 Å². The molecule has 0 aromatic carbocycles. The first kappa shape index (κ1) is 13.9. The first-order valence-corrected chi connectivity index (χ1v) is 5.26. The lowest BCUT2D eigenvalue weighted by Gasteiger charge is -2.13. The van der Waals surface area contributed by atoms with E-state index in [0.717, 1.165) is 6.07 Å². The van der Waals surface area contributed by atoms with Crippen molar-refractivity contribution in [1.29, 1.82) is 0 Å². The molecule has 2 N–H and O–H groups in total. The smallest absolute Gasteiger partial charge is 0.402 e. The summed E-state index contributed by atoms with van der Waals surface area (Å²) in [6, 6.07) is 0.784. The minimum absolute atomic E-state index is 0.0891. The molecule has 17 heavy (non-hydrogen) atoms. The van der Waals surface area contributed by atoms with Crippen LogP contribution < -0.4 is 10.5 Å². The molecule has 0 spiro atoms. The zero-order chi connectivity index (χ0) is 13.2. The Kier molecular flexibility index (Phi) is 4.12. The van der Waals surface area contributed by atoms with Crippen LogP contribution in [0, 0.1) is 0 Å². The van der Waals surface area contributed by atoms with Gasteiger partial charge in [-0.25, -0.2) is 13.8 Å². The highest BCUT2D eigenvalue weighted by Crippen LogP contribution is 2.32. The van der Waals surface area contributed by atoms with Crippen molar-refractivity contribution in [1.82, 2.24) is 4.98 Å². The predicted molar refractivity (Wildman–Crippen MR) is 52.9 cm³/mol. The second-order valence-corrected chi connectivity index (χ2v) is 3.46. The zero-order valence-electron chi connectivity index (χ0n) is 8.06. The molecule has 9 heteroatoms. The highest BCUT2D eigenvalue weighted by molar-refractivity contribution is 9.08. The molecule has 0 radical (unpaired) electrons. The molecule has 0 aliphatic rings. The standard InChI is InChI=1S/C8H6BrF5N2O/c9-2-3-1-4(17-8(12,13)14)7(15)16-5(3)6(10)11/h1,6H,2H2,(H2,15,16). The van der Waals surface area contributed by atoms with E-state index >= 15 is 0 Å². The van der Waals surface area contributed by atoms with Crippen molar-refractivity contribution in [3.05, 3.63) is 17.3 Å². The fraction of sp³-hybridized carbons (Fsp3) is 0.375. The highest BCUT2D eigenvalue weighted by Gasteiger charge is 2.33. The average Bonchev–Trinajstić information content (AvgIpc) is 2.18. The molecule has 0 saturated heterocycles. The number of aromatic nitrogens is 1. The van der Waals surface area contributed by atoms with E-state index in [1.807, 2.05) is 0 Å². The van der Waals surface area contributed by atoms with Crippen LogP contribution in [0.25, 0.3) is 0 Å². The molecule has 1 rings (SSSR count). The fourth-order valence-electron chi connectivity index (χ4n) is 1.07. The van der Waals surface area contributed by atoms with Gasteiger partial charge < -0.3 is 10.5 Å². The number of anilines is 1. The molecule has 0 bridgehead atoms. The van der Waals surface area contributed by atoms with Crippen molar-refractivity contribution in [2.45, 2.75) is 18.1 Å². The predicted octanol–water partition coefficient (Wildman–Crippen LogP) is 3.39. The van der Waals surface area contributed by atoms with Gasteiger partial charge in [0, 0.05) is 5.33 Å². The van der Waals surface area contributed by atoms with Crippen LogP contribution in [0.15, 0.2) is 6.07 Å². The molecule has 0 unspecified atom stereocenters. The van der Waals surface area contributed by atoms with E-state index < -0.39 is 30.0 Å². The minimum atomic E-state index is -4.95. The zero-order valence-corrected chi connectivity index (χ0v) is 9.65. The van der Waals surface area contributed by atoms with Crippen LogP contribution in [0.5, 0.6) is 5.75 Å². The highest BCUT2D eigenvalue weighted by atomic mass is 79.9. The van der Waals surface area contributed by atoms with Gasteiger partial charge in [-0.3, -0.25) is 0 Å². The molecule has 1 aromatic heterocycles. The monoisotopic (exact) mass is 320 g/mol. The molecule has 3 nitrogen and oxygen atoms in total. The van der Waals surface area contributed by atoms with E-state index in [9.17, 15) is 22.0 Å². The Morgan fingerprint density at radius 2 is 2.00 bits per heavy atom. The summed E-state index contributed by atoms with van der Waals surface area (Å²) >= 11 is 2.86. The topological polar surface area (TPSA) is 48.1 Å². The number of pyridine rings is 1. The Bertz CT molecular complexity index is 410. The number of hydrogen-bond donors (Lipinski definition) is 1. The summed E-state index contributed by atoms with van der Waals surface area (Å²) in [5.41, 5.74) is 4.32. The lowest BCUT2D eigenvalue weighted by Crippen LogP contribution is -2.19. The Morgan fingerprint density at radius 1 is 1.41 bits per heavy atom. The molecule has 96 valence electrons. The number of rotatable bonds is 3. The maximum Gasteiger partial charge on any atom is 0.573 e. The molecule has 0 saturated carbocycles. The Hall–Kier alpha value is -1.12. The van der Waals surface area contributed by atoms with Crippen molar-refractivity contribution in [2.24, 2.45) is 0 Å². The largest absolute Gasteiger partial charge is 0.573 e. The fourth-order valence-corrected chi connectivity index (χ4v) is 1.51. The van der Waals surface area contributed by atoms with Crippen molar-refractivity contribution < 1.29 is 26.7 Å². The molecule has 0 fully saturated rings. The minimum Gasteiger partial charge on any atom is -0.402 e. The van der Waals surface area contributed by atoms with E-state index in [0.29, 0.717) is 0 Å². The van der Waals surface area contributed by atoms with Crippen LogP contribution in [0.2, 0.25) is 0 Å². The van der Waals surface area contributed by atoms with E-state index in [2.05, 4.69) is 25.7 Å². The number of nitrogens with two attached hydrogens (primary N) is 1. The molecule has 0 aliphatic heterocycles.